The van der Waals surface area contributed by atoms with Gasteiger partial charge in [0.1, 0.15) is 4.83 Å². The summed E-state index contributed by atoms with van der Waals surface area (Å²) in [5, 5.41) is 7.14. The van der Waals surface area contributed by atoms with Gasteiger partial charge in [0.15, 0.2) is 11.6 Å². The third kappa shape index (κ3) is 3.89. The van der Waals surface area contributed by atoms with Crippen LogP contribution in [0.4, 0.5) is 8.78 Å². The minimum Gasteiger partial charge on any atom is -0.310 e. The van der Waals surface area contributed by atoms with E-state index >= 15 is 0 Å². The summed E-state index contributed by atoms with van der Waals surface area (Å²) in [5.41, 5.74) is 2.67. The smallest absolute Gasteiger partial charge is 0.262 e. The fourth-order valence-corrected chi connectivity index (χ4v) is 6.21. The molecule has 1 aliphatic rings. The summed E-state index contributed by atoms with van der Waals surface area (Å²) in [7, 11) is 0. The zero-order valence-corrected chi connectivity index (χ0v) is 19.3. The number of hydrogen-bond acceptors (Lipinski definition) is 6. The molecule has 0 aliphatic heterocycles. The highest BCUT2D eigenvalue weighted by Crippen LogP contribution is 2.34. The van der Waals surface area contributed by atoms with Crippen LogP contribution in [0.2, 0.25) is 0 Å². The van der Waals surface area contributed by atoms with Crippen molar-refractivity contribution in [2.24, 2.45) is 0 Å². The van der Waals surface area contributed by atoms with E-state index < -0.39 is 11.6 Å². The number of fused-ring (bicyclic) bond motifs is 3. The highest BCUT2D eigenvalue weighted by Gasteiger charge is 2.26. The van der Waals surface area contributed by atoms with Gasteiger partial charge >= 0.3 is 0 Å². The summed E-state index contributed by atoms with van der Waals surface area (Å²) >= 11 is 3.15. The molecule has 3 heterocycles. The molecule has 32 heavy (non-hydrogen) atoms. The topological polar surface area (TPSA) is 59.8 Å². The fourth-order valence-electron chi connectivity index (χ4n) is 4.26. The van der Waals surface area contributed by atoms with Gasteiger partial charge in [-0.2, -0.15) is 0 Å². The van der Waals surface area contributed by atoms with Gasteiger partial charge in [-0.25, -0.2) is 18.7 Å². The third-order valence-corrected chi connectivity index (χ3v) is 8.01. The van der Waals surface area contributed by atoms with Gasteiger partial charge in [-0.1, -0.05) is 6.07 Å². The molecule has 5 rings (SSSR count). The van der Waals surface area contributed by atoms with Crippen molar-refractivity contribution in [1.29, 1.82) is 0 Å². The van der Waals surface area contributed by atoms with Crippen molar-refractivity contribution in [3.63, 3.8) is 0 Å². The first-order valence-corrected chi connectivity index (χ1v) is 12.2. The van der Waals surface area contributed by atoms with E-state index in [9.17, 15) is 13.6 Å². The van der Waals surface area contributed by atoms with Crippen molar-refractivity contribution in [2.45, 2.75) is 51.7 Å². The van der Waals surface area contributed by atoms with Crippen LogP contribution in [0.3, 0.4) is 0 Å². The molecule has 1 aliphatic carbocycles. The molecule has 0 saturated heterocycles. The molecule has 5 nitrogen and oxygen atoms in total. The summed E-state index contributed by atoms with van der Waals surface area (Å²) in [6.45, 7) is 4.40. The summed E-state index contributed by atoms with van der Waals surface area (Å²) in [4.78, 5) is 24.4. The lowest BCUT2D eigenvalue weighted by atomic mass is 9.93. The number of nitrogens with zero attached hydrogens (tertiary/aromatic N) is 3. The Kier molecular flexibility index (Phi) is 5.65. The van der Waals surface area contributed by atoms with Crippen molar-refractivity contribution < 1.29 is 8.78 Å². The number of benzene rings is 1. The molecular weight excluding hydrogens is 450 g/mol. The van der Waals surface area contributed by atoms with E-state index in [2.05, 4.69) is 15.3 Å². The SMILES string of the molecule is Cc1nc([C@H](C)n2cnc3sc4c(c3c2=O)CC[C@H](NCc2ccc(F)c(F)c2)C4)cs1. The number of hydrogen-bond donors (Lipinski definition) is 1. The lowest BCUT2D eigenvalue weighted by Crippen LogP contribution is -2.34. The van der Waals surface area contributed by atoms with Gasteiger partial charge in [0.2, 0.25) is 0 Å². The second-order valence-electron chi connectivity index (χ2n) is 8.18. The van der Waals surface area contributed by atoms with E-state index in [0.717, 1.165) is 51.8 Å². The molecule has 166 valence electrons. The molecule has 0 saturated carbocycles. The van der Waals surface area contributed by atoms with Crippen LogP contribution in [0.15, 0.2) is 34.7 Å². The Balaban J connectivity index is 1.37. The maximum Gasteiger partial charge on any atom is 0.262 e. The molecule has 1 aromatic carbocycles. The molecule has 9 heteroatoms. The highest BCUT2D eigenvalue weighted by atomic mass is 32.1. The van der Waals surface area contributed by atoms with Crippen molar-refractivity contribution in [2.75, 3.05) is 0 Å². The predicted molar refractivity (Wildman–Crippen MR) is 124 cm³/mol. The standard InChI is InChI=1S/C23H22F2N4OS2/c1-12(19-10-31-13(2)28-19)29-11-27-22-21(23(29)30)16-5-4-15(8-20(16)32-22)26-9-14-3-6-17(24)18(25)7-14/h3,6-7,10-12,15,26H,4-5,8-9H2,1-2H3/t12-,15-/m0/s1. The summed E-state index contributed by atoms with van der Waals surface area (Å²) < 4.78 is 28.3. The first-order valence-electron chi connectivity index (χ1n) is 10.5. The van der Waals surface area contributed by atoms with E-state index in [1.54, 1.807) is 39.6 Å². The molecule has 0 radical (unpaired) electrons. The number of halogens is 2. The molecule has 2 atom stereocenters. The molecule has 0 unspecified atom stereocenters. The predicted octanol–water partition coefficient (Wildman–Crippen LogP) is 4.76. The maximum absolute atomic E-state index is 13.5. The maximum atomic E-state index is 13.5. The zero-order chi connectivity index (χ0) is 22.4. The van der Waals surface area contributed by atoms with Crippen LogP contribution in [0, 0.1) is 18.6 Å². The normalized spacial score (nSPS) is 16.9. The largest absolute Gasteiger partial charge is 0.310 e. The Morgan fingerprint density at radius 3 is 2.91 bits per heavy atom. The van der Waals surface area contributed by atoms with Crippen LogP contribution in [0.5, 0.6) is 0 Å². The molecule has 0 amide bonds. The van der Waals surface area contributed by atoms with Gasteiger partial charge in [-0.3, -0.25) is 9.36 Å². The highest BCUT2D eigenvalue weighted by molar-refractivity contribution is 7.18. The Bertz CT molecular complexity index is 1360. The van der Waals surface area contributed by atoms with Gasteiger partial charge in [0.25, 0.3) is 5.56 Å². The Hall–Kier alpha value is -2.49. The third-order valence-electron chi connectivity index (χ3n) is 6.06. The van der Waals surface area contributed by atoms with E-state index in [0.29, 0.717) is 12.1 Å². The molecule has 0 fully saturated rings. The lowest BCUT2D eigenvalue weighted by Gasteiger charge is -2.23. The number of rotatable bonds is 5. The minimum atomic E-state index is -0.835. The van der Waals surface area contributed by atoms with Crippen LogP contribution in [0.25, 0.3) is 10.2 Å². The zero-order valence-electron chi connectivity index (χ0n) is 17.7. The first kappa shape index (κ1) is 21.4. The number of aromatic nitrogens is 3. The molecule has 0 spiro atoms. The number of aryl methyl sites for hydroxylation is 2. The average Bonchev–Trinajstić information content (AvgIpc) is 3.37. The monoisotopic (exact) mass is 472 g/mol. The number of nitrogens with one attached hydrogen (secondary N) is 1. The van der Waals surface area contributed by atoms with Crippen LogP contribution in [-0.4, -0.2) is 20.6 Å². The van der Waals surface area contributed by atoms with Crippen molar-refractivity contribution in [3.8, 4) is 0 Å². The second-order valence-corrected chi connectivity index (χ2v) is 10.3. The van der Waals surface area contributed by atoms with Gasteiger partial charge < -0.3 is 5.32 Å². The van der Waals surface area contributed by atoms with E-state index in [1.165, 1.54) is 10.9 Å². The molecule has 0 bridgehead atoms. The quantitative estimate of drug-likeness (QED) is 0.455. The molecule has 3 aromatic heterocycles. The van der Waals surface area contributed by atoms with Crippen molar-refractivity contribution >= 4 is 32.9 Å². The van der Waals surface area contributed by atoms with Crippen LogP contribution < -0.4 is 10.9 Å². The van der Waals surface area contributed by atoms with Gasteiger partial charge in [0.05, 0.1) is 28.5 Å². The Morgan fingerprint density at radius 2 is 2.16 bits per heavy atom. The van der Waals surface area contributed by atoms with Gasteiger partial charge in [-0.05, 0) is 56.4 Å². The van der Waals surface area contributed by atoms with Crippen molar-refractivity contribution in [1.82, 2.24) is 19.9 Å². The second kappa shape index (κ2) is 8.46. The summed E-state index contributed by atoms with van der Waals surface area (Å²) in [5.74, 6) is -1.66. The summed E-state index contributed by atoms with van der Waals surface area (Å²) in [6.07, 6.45) is 4.08. The van der Waals surface area contributed by atoms with Crippen LogP contribution >= 0.6 is 22.7 Å². The van der Waals surface area contributed by atoms with E-state index in [-0.39, 0.29) is 17.6 Å². The Labute approximate surface area is 191 Å². The number of thiazole rings is 1. The molecule has 4 aromatic rings. The Morgan fingerprint density at radius 1 is 1.31 bits per heavy atom. The van der Waals surface area contributed by atoms with Crippen LogP contribution in [-0.2, 0) is 19.4 Å². The minimum absolute atomic E-state index is 0.0150. The summed E-state index contributed by atoms with van der Waals surface area (Å²) in [6, 6.07) is 4.02. The molecular formula is C23H22F2N4OS2. The number of thiophene rings is 1. The van der Waals surface area contributed by atoms with Crippen molar-refractivity contribution in [3.05, 3.63) is 78.6 Å². The molecule has 1 N–H and O–H groups in total. The average molecular weight is 473 g/mol. The van der Waals surface area contributed by atoms with Gasteiger partial charge in [0, 0.05) is 22.8 Å². The van der Waals surface area contributed by atoms with Gasteiger partial charge in [-0.15, -0.1) is 22.7 Å². The van der Waals surface area contributed by atoms with E-state index in [1.807, 2.05) is 19.2 Å². The lowest BCUT2D eigenvalue weighted by molar-refractivity contribution is 0.459. The first-order chi connectivity index (χ1) is 15.4. The van der Waals surface area contributed by atoms with Crippen LogP contribution in [0.1, 0.15) is 46.1 Å². The fraction of sp³-hybridized carbons (Fsp3) is 0.348. The van der Waals surface area contributed by atoms with E-state index in [4.69, 9.17) is 0 Å².